The van der Waals surface area contributed by atoms with Crippen LogP contribution in [0.4, 0.5) is 23.5 Å². The monoisotopic (exact) mass is 274 g/mol. The van der Waals surface area contributed by atoms with E-state index in [0.717, 1.165) is 12.1 Å². The lowest BCUT2D eigenvalue weighted by atomic mass is 10.1. The Hall–Kier alpha value is -2.45. The SMILES string of the molecule is Nc1nc(-c2cccc(C(F)(F)F)c2F)[nH]c(=O)n1. The molecule has 1 aromatic carbocycles. The highest BCUT2D eigenvalue weighted by Crippen LogP contribution is 2.34. The van der Waals surface area contributed by atoms with Crippen LogP contribution in [0.25, 0.3) is 11.4 Å². The molecule has 0 aliphatic heterocycles. The molecule has 0 aliphatic rings. The van der Waals surface area contributed by atoms with Crippen molar-refractivity contribution in [3.05, 3.63) is 40.1 Å². The van der Waals surface area contributed by atoms with Gasteiger partial charge in [0, 0.05) is 0 Å². The summed E-state index contributed by atoms with van der Waals surface area (Å²) in [5.41, 5.74) is 2.28. The van der Waals surface area contributed by atoms with E-state index < -0.39 is 40.6 Å². The molecule has 0 fully saturated rings. The molecule has 0 radical (unpaired) electrons. The van der Waals surface area contributed by atoms with E-state index in [9.17, 15) is 22.4 Å². The number of anilines is 1. The third-order valence-electron chi connectivity index (χ3n) is 2.23. The standard InChI is InChI=1S/C10H6F4N4O/c11-6-4(2-1-3-5(6)10(12,13)14)7-16-8(15)18-9(19)17-7/h1-3H,(H3,15,16,17,18,19). The fourth-order valence-corrected chi connectivity index (χ4v) is 1.46. The van der Waals surface area contributed by atoms with E-state index in [1.165, 1.54) is 0 Å². The van der Waals surface area contributed by atoms with Crippen molar-refractivity contribution in [3.63, 3.8) is 0 Å². The van der Waals surface area contributed by atoms with Crippen molar-refractivity contribution < 1.29 is 17.6 Å². The quantitative estimate of drug-likeness (QED) is 0.773. The zero-order chi connectivity index (χ0) is 14.2. The predicted octanol–water partition coefficient (Wildman–Crippen LogP) is 1.57. The predicted molar refractivity (Wildman–Crippen MR) is 57.5 cm³/mol. The van der Waals surface area contributed by atoms with Crippen LogP contribution in [-0.2, 0) is 6.18 Å². The molecule has 0 saturated carbocycles. The van der Waals surface area contributed by atoms with E-state index >= 15 is 0 Å². The van der Waals surface area contributed by atoms with Gasteiger partial charge >= 0.3 is 11.9 Å². The molecule has 2 rings (SSSR count). The highest BCUT2D eigenvalue weighted by Gasteiger charge is 2.35. The van der Waals surface area contributed by atoms with Crippen LogP contribution in [0.3, 0.4) is 0 Å². The van der Waals surface area contributed by atoms with E-state index in [0.29, 0.717) is 6.07 Å². The summed E-state index contributed by atoms with van der Waals surface area (Å²) >= 11 is 0. The normalized spacial score (nSPS) is 11.6. The fraction of sp³-hybridized carbons (Fsp3) is 0.100. The van der Waals surface area contributed by atoms with E-state index in [4.69, 9.17) is 5.73 Å². The molecule has 0 saturated heterocycles. The number of nitrogens with one attached hydrogen (secondary N) is 1. The Kier molecular flexibility index (Phi) is 2.97. The van der Waals surface area contributed by atoms with Crippen LogP contribution in [0, 0.1) is 5.82 Å². The molecule has 0 unspecified atom stereocenters. The molecular formula is C10H6F4N4O. The van der Waals surface area contributed by atoms with Gasteiger partial charge < -0.3 is 5.73 Å². The van der Waals surface area contributed by atoms with Crippen molar-refractivity contribution in [2.45, 2.75) is 6.18 Å². The molecule has 0 aliphatic carbocycles. The lowest BCUT2D eigenvalue weighted by Gasteiger charge is -2.10. The molecule has 5 nitrogen and oxygen atoms in total. The molecule has 100 valence electrons. The minimum atomic E-state index is -4.85. The Balaban J connectivity index is 2.67. The zero-order valence-corrected chi connectivity index (χ0v) is 9.12. The first-order chi connectivity index (χ1) is 8.79. The lowest BCUT2D eigenvalue weighted by Crippen LogP contribution is -2.16. The summed E-state index contributed by atoms with van der Waals surface area (Å²) in [7, 11) is 0. The minimum absolute atomic E-state index is 0.416. The van der Waals surface area contributed by atoms with Gasteiger partial charge in [-0.25, -0.2) is 9.18 Å². The van der Waals surface area contributed by atoms with Crippen molar-refractivity contribution >= 4 is 5.95 Å². The second-order valence-electron chi connectivity index (χ2n) is 3.53. The Bertz CT molecular complexity index is 680. The maximum absolute atomic E-state index is 13.8. The molecule has 1 aromatic heterocycles. The smallest absolute Gasteiger partial charge is 0.368 e. The number of hydrogen-bond donors (Lipinski definition) is 2. The number of alkyl halides is 3. The van der Waals surface area contributed by atoms with Gasteiger partial charge in [0.15, 0.2) is 0 Å². The van der Waals surface area contributed by atoms with Gasteiger partial charge in [0.05, 0.1) is 11.1 Å². The van der Waals surface area contributed by atoms with Crippen LogP contribution in [0.2, 0.25) is 0 Å². The Morgan fingerprint density at radius 2 is 1.89 bits per heavy atom. The molecule has 19 heavy (non-hydrogen) atoms. The van der Waals surface area contributed by atoms with Gasteiger partial charge in [-0.15, -0.1) is 0 Å². The van der Waals surface area contributed by atoms with E-state index in [1.54, 1.807) is 0 Å². The van der Waals surface area contributed by atoms with Gasteiger partial charge in [0.1, 0.15) is 11.6 Å². The molecule has 0 spiro atoms. The summed E-state index contributed by atoms with van der Waals surface area (Å²) in [5.74, 6) is -2.42. The first-order valence-electron chi connectivity index (χ1n) is 4.89. The summed E-state index contributed by atoms with van der Waals surface area (Å²) in [6, 6.07) is 2.63. The van der Waals surface area contributed by atoms with Gasteiger partial charge in [0.2, 0.25) is 5.95 Å². The number of aromatic amines is 1. The van der Waals surface area contributed by atoms with Crippen molar-refractivity contribution in [1.29, 1.82) is 0 Å². The largest absolute Gasteiger partial charge is 0.419 e. The molecule has 2 aromatic rings. The number of benzene rings is 1. The first kappa shape index (κ1) is 13.0. The summed E-state index contributed by atoms with van der Waals surface area (Å²) in [6.45, 7) is 0. The van der Waals surface area contributed by atoms with Crippen LogP contribution in [0.15, 0.2) is 23.0 Å². The van der Waals surface area contributed by atoms with Crippen molar-refractivity contribution in [2.24, 2.45) is 0 Å². The Morgan fingerprint density at radius 3 is 2.47 bits per heavy atom. The first-order valence-corrected chi connectivity index (χ1v) is 4.89. The second-order valence-corrected chi connectivity index (χ2v) is 3.53. The highest BCUT2D eigenvalue weighted by molar-refractivity contribution is 5.58. The maximum Gasteiger partial charge on any atom is 0.419 e. The van der Waals surface area contributed by atoms with Crippen LogP contribution in [-0.4, -0.2) is 15.0 Å². The molecule has 3 N–H and O–H groups in total. The number of rotatable bonds is 1. The number of nitrogens with two attached hydrogens (primary N) is 1. The molecule has 0 bridgehead atoms. The van der Waals surface area contributed by atoms with Gasteiger partial charge in [-0.2, -0.15) is 23.1 Å². The topological polar surface area (TPSA) is 84.7 Å². The number of hydrogen-bond acceptors (Lipinski definition) is 4. The van der Waals surface area contributed by atoms with Crippen LogP contribution < -0.4 is 11.4 Å². The van der Waals surface area contributed by atoms with Gasteiger partial charge in [0.25, 0.3) is 0 Å². The third kappa shape index (κ3) is 2.54. The fourth-order valence-electron chi connectivity index (χ4n) is 1.46. The van der Waals surface area contributed by atoms with E-state index in [2.05, 4.69) is 9.97 Å². The van der Waals surface area contributed by atoms with E-state index in [-0.39, 0.29) is 0 Å². The zero-order valence-electron chi connectivity index (χ0n) is 9.12. The number of halogens is 4. The Labute approximate surface area is 103 Å². The summed E-state index contributed by atoms with van der Waals surface area (Å²) < 4.78 is 51.4. The summed E-state index contributed by atoms with van der Waals surface area (Å²) in [4.78, 5) is 19.7. The number of aromatic nitrogens is 3. The maximum atomic E-state index is 13.8. The lowest BCUT2D eigenvalue weighted by molar-refractivity contribution is -0.139. The molecular weight excluding hydrogens is 268 g/mol. The number of nitrogen functional groups attached to an aromatic ring is 1. The third-order valence-corrected chi connectivity index (χ3v) is 2.23. The number of H-pyrrole nitrogens is 1. The van der Waals surface area contributed by atoms with Crippen molar-refractivity contribution in [2.75, 3.05) is 5.73 Å². The molecule has 1 heterocycles. The summed E-state index contributed by atoms with van der Waals surface area (Å²) in [5, 5.41) is 0. The molecule has 0 atom stereocenters. The minimum Gasteiger partial charge on any atom is -0.368 e. The van der Waals surface area contributed by atoms with Gasteiger partial charge in [-0.05, 0) is 12.1 Å². The Morgan fingerprint density at radius 1 is 1.21 bits per heavy atom. The summed E-state index contributed by atoms with van der Waals surface area (Å²) in [6.07, 6.45) is -4.85. The molecule has 0 amide bonds. The van der Waals surface area contributed by atoms with Gasteiger partial charge in [-0.1, -0.05) is 6.07 Å². The van der Waals surface area contributed by atoms with Crippen LogP contribution in [0.5, 0.6) is 0 Å². The van der Waals surface area contributed by atoms with Crippen molar-refractivity contribution in [3.8, 4) is 11.4 Å². The van der Waals surface area contributed by atoms with E-state index in [1.807, 2.05) is 4.98 Å². The van der Waals surface area contributed by atoms with Gasteiger partial charge in [-0.3, -0.25) is 4.98 Å². The van der Waals surface area contributed by atoms with Crippen LogP contribution in [0.1, 0.15) is 5.56 Å². The second kappa shape index (κ2) is 4.34. The average molecular weight is 274 g/mol. The van der Waals surface area contributed by atoms with Crippen molar-refractivity contribution in [1.82, 2.24) is 15.0 Å². The highest BCUT2D eigenvalue weighted by atomic mass is 19.4. The molecule has 9 heteroatoms. The average Bonchev–Trinajstić information content (AvgIpc) is 2.26. The van der Waals surface area contributed by atoms with Crippen LogP contribution >= 0.6 is 0 Å². The number of nitrogens with zero attached hydrogens (tertiary/aromatic N) is 2.